The van der Waals surface area contributed by atoms with Crippen molar-refractivity contribution in [2.24, 2.45) is 0 Å². The van der Waals surface area contributed by atoms with Crippen LogP contribution < -0.4 is 0 Å². The van der Waals surface area contributed by atoms with Gasteiger partial charge in [-0.3, -0.25) is 14.3 Å². The van der Waals surface area contributed by atoms with E-state index in [0.717, 1.165) is 11.3 Å². The van der Waals surface area contributed by atoms with Crippen LogP contribution in [0.2, 0.25) is 4.34 Å². The smallest absolute Gasteiger partial charge is 0.416 e. The Labute approximate surface area is 227 Å². The van der Waals surface area contributed by atoms with Crippen molar-refractivity contribution >= 4 is 34.8 Å². The second-order valence-electron chi connectivity index (χ2n) is 9.13. The molecular formula is C24H21ClF6N4O3S. The van der Waals surface area contributed by atoms with Crippen LogP contribution in [0.1, 0.15) is 46.3 Å². The summed E-state index contributed by atoms with van der Waals surface area (Å²) in [4.78, 5) is 29.6. The van der Waals surface area contributed by atoms with E-state index >= 15 is 0 Å². The van der Waals surface area contributed by atoms with Gasteiger partial charge in [0.15, 0.2) is 0 Å². The van der Waals surface area contributed by atoms with Crippen LogP contribution in [-0.2, 0) is 34.9 Å². The fraction of sp³-hybridized carbons (Fsp3) is 0.417. The lowest BCUT2D eigenvalue weighted by Crippen LogP contribution is -2.40. The predicted molar refractivity (Wildman–Crippen MR) is 129 cm³/mol. The van der Waals surface area contributed by atoms with Crippen LogP contribution in [0.25, 0.3) is 11.3 Å². The first-order valence-corrected chi connectivity index (χ1v) is 12.8. The van der Waals surface area contributed by atoms with Gasteiger partial charge >= 0.3 is 18.3 Å². The number of aryl methyl sites for hydroxylation is 1. The number of aromatic nitrogens is 3. The second-order valence-corrected chi connectivity index (χ2v) is 10.8. The normalized spacial score (nSPS) is 15.1. The van der Waals surface area contributed by atoms with Gasteiger partial charge in [0.1, 0.15) is 16.6 Å². The van der Waals surface area contributed by atoms with Gasteiger partial charge in [-0.05, 0) is 44.0 Å². The predicted octanol–water partition coefficient (Wildman–Crippen LogP) is 6.04. The topological polar surface area (TPSA) is 88.3 Å². The number of hydrogen-bond donors (Lipinski definition) is 1. The molecule has 0 unspecified atom stereocenters. The van der Waals surface area contributed by atoms with E-state index in [1.165, 1.54) is 4.68 Å². The van der Waals surface area contributed by atoms with Crippen molar-refractivity contribution in [3.63, 3.8) is 0 Å². The summed E-state index contributed by atoms with van der Waals surface area (Å²) in [6.45, 7) is 2.34. The number of hydrogen-bond acceptors (Lipinski definition) is 5. The Morgan fingerprint density at radius 1 is 1.05 bits per heavy atom. The minimum Gasteiger partial charge on any atom is -0.481 e. The molecule has 1 aliphatic heterocycles. The minimum absolute atomic E-state index is 0.0257. The standard InChI is InChI=1S/C24H21ClF6N4O3S/c1-12-6-17(10-19(37)38)33-35(12)11-18(36)34-4-2-13(3-5-34)22-32-20(21(25)39-22)14-7-15(23(26,27)28)9-16(8-14)24(29,30)31/h6-9,13H,2-5,10-11H2,1H3,(H,37,38). The Hall–Kier alpha value is -3.13. The van der Waals surface area contributed by atoms with Gasteiger partial charge in [-0.25, -0.2) is 4.98 Å². The maximum Gasteiger partial charge on any atom is 0.416 e. The van der Waals surface area contributed by atoms with Gasteiger partial charge in [-0.2, -0.15) is 31.4 Å². The lowest BCUT2D eigenvalue weighted by Gasteiger charge is -2.31. The largest absolute Gasteiger partial charge is 0.481 e. The van der Waals surface area contributed by atoms with Gasteiger partial charge < -0.3 is 10.0 Å². The van der Waals surface area contributed by atoms with E-state index in [-0.39, 0.29) is 46.5 Å². The summed E-state index contributed by atoms with van der Waals surface area (Å²) in [6.07, 6.45) is -9.31. The van der Waals surface area contributed by atoms with Crippen molar-refractivity contribution < 1.29 is 41.0 Å². The first-order valence-electron chi connectivity index (χ1n) is 11.6. The quantitative estimate of drug-likeness (QED) is 0.352. The highest BCUT2D eigenvalue weighted by Gasteiger charge is 2.37. The SMILES string of the molecule is Cc1cc(CC(=O)O)nn1CC(=O)N1CCC(c2nc(-c3cc(C(F)(F)F)cc(C(F)(F)F)c3)c(Cl)s2)CC1. The average Bonchev–Trinajstić information content (AvgIpc) is 3.39. The summed E-state index contributed by atoms with van der Waals surface area (Å²) >= 11 is 7.22. The highest BCUT2D eigenvalue weighted by atomic mass is 35.5. The maximum absolute atomic E-state index is 13.3. The third-order valence-electron chi connectivity index (χ3n) is 6.31. The number of rotatable bonds is 6. The van der Waals surface area contributed by atoms with Gasteiger partial charge in [0, 0.05) is 30.3 Å². The van der Waals surface area contributed by atoms with E-state index in [1.54, 1.807) is 17.9 Å². The fourth-order valence-electron chi connectivity index (χ4n) is 4.35. The summed E-state index contributed by atoms with van der Waals surface area (Å²) < 4.78 is 81.1. The zero-order valence-electron chi connectivity index (χ0n) is 20.2. The van der Waals surface area contributed by atoms with E-state index in [1.807, 2.05) is 0 Å². The molecule has 3 heterocycles. The minimum atomic E-state index is -4.99. The van der Waals surface area contributed by atoms with Crippen molar-refractivity contribution in [1.82, 2.24) is 19.7 Å². The van der Waals surface area contributed by atoms with Crippen LogP contribution in [0.5, 0.6) is 0 Å². The van der Waals surface area contributed by atoms with E-state index in [0.29, 0.717) is 54.5 Å². The molecule has 1 aromatic carbocycles. The summed E-state index contributed by atoms with van der Waals surface area (Å²) in [5.74, 6) is -1.44. The van der Waals surface area contributed by atoms with Gasteiger partial charge in [-0.15, -0.1) is 11.3 Å². The van der Waals surface area contributed by atoms with Crippen molar-refractivity contribution in [2.75, 3.05) is 13.1 Å². The van der Waals surface area contributed by atoms with Crippen molar-refractivity contribution in [2.45, 2.75) is 51.0 Å². The second kappa shape index (κ2) is 10.8. The Morgan fingerprint density at radius 3 is 2.18 bits per heavy atom. The lowest BCUT2D eigenvalue weighted by molar-refractivity contribution is -0.143. The van der Waals surface area contributed by atoms with Gasteiger partial charge in [-0.1, -0.05) is 11.6 Å². The number of carbonyl (C=O) groups excluding carboxylic acids is 1. The maximum atomic E-state index is 13.3. The van der Waals surface area contributed by atoms with Crippen LogP contribution in [-0.4, -0.2) is 49.7 Å². The number of thiazole rings is 1. The third-order valence-corrected chi connectivity index (χ3v) is 7.73. The Bertz CT molecular complexity index is 1360. The molecule has 0 bridgehead atoms. The molecule has 1 amide bonds. The number of halogens is 7. The Balaban J connectivity index is 1.47. The molecule has 0 aliphatic carbocycles. The van der Waals surface area contributed by atoms with E-state index < -0.39 is 29.4 Å². The number of alkyl halides is 6. The molecule has 1 fully saturated rings. The Kier molecular flexibility index (Phi) is 7.99. The number of amides is 1. The van der Waals surface area contributed by atoms with Crippen molar-refractivity contribution in [3.8, 4) is 11.3 Å². The summed E-state index contributed by atoms with van der Waals surface area (Å²) in [5.41, 5.74) is -2.46. The Morgan fingerprint density at radius 2 is 1.64 bits per heavy atom. The molecule has 0 saturated carbocycles. The highest BCUT2D eigenvalue weighted by molar-refractivity contribution is 7.16. The number of carboxylic acid groups (broad SMARTS) is 1. The first-order chi connectivity index (χ1) is 18.1. The molecule has 210 valence electrons. The number of piperidine rings is 1. The number of carboxylic acids is 1. The van der Waals surface area contributed by atoms with Crippen molar-refractivity contribution in [1.29, 1.82) is 0 Å². The number of likely N-dealkylation sites (tertiary alicyclic amines) is 1. The fourth-order valence-corrected chi connectivity index (χ4v) is 5.72. The molecule has 1 saturated heterocycles. The molecular weight excluding hydrogens is 574 g/mol. The first kappa shape index (κ1) is 28.9. The molecule has 39 heavy (non-hydrogen) atoms. The molecule has 1 N–H and O–H groups in total. The van der Waals surface area contributed by atoms with E-state index in [2.05, 4.69) is 10.1 Å². The van der Waals surface area contributed by atoms with Crippen molar-refractivity contribution in [3.05, 3.63) is 56.1 Å². The molecule has 3 aromatic rings. The number of aliphatic carboxylic acids is 1. The lowest BCUT2D eigenvalue weighted by atomic mass is 9.97. The zero-order valence-corrected chi connectivity index (χ0v) is 21.8. The molecule has 15 heteroatoms. The number of carbonyl (C=O) groups is 2. The zero-order chi connectivity index (χ0) is 28.7. The molecule has 0 radical (unpaired) electrons. The molecule has 0 atom stereocenters. The van der Waals surface area contributed by atoms with Crippen LogP contribution >= 0.6 is 22.9 Å². The summed E-state index contributed by atoms with van der Waals surface area (Å²) in [6, 6.07) is 2.84. The summed E-state index contributed by atoms with van der Waals surface area (Å²) in [7, 11) is 0. The van der Waals surface area contributed by atoms with E-state index in [9.17, 15) is 35.9 Å². The molecule has 7 nitrogen and oxygen atoms in total. The van der Waals surface area contributed by atoms with Gasteiger partial charge in [0.25, 0.3) is 0 Å². The molecule has 1 aliphatic rings. The van der Waals surface area contributed by atoms with Gasteiger partial charge in [0.05, 0.1) is 28.2 Å². The molecule has 2 aromatic heterocycles. The molecule has 4 rings (SSSR count). The summed E-state index contributed by atoms with van der Waals surface area (Å²) in [5, 5.41) is 13.5. The third kappa shape index (κ3) is 6.72. The average molecular weight is 595 g/mol. The van der Waals surface area contributed by atoms with Crippen LogP contribution in [0.4, 0.5) is 26.3 Å². The highest BCUT2D eigenvalue weighted by Crippen LogP contribution is 2.43. The van der Waals surface area contributed by atoms with Crippen LogP contribution in [0.15, 0.2) is 24.3 Å². The monoisotopic (exact) mass is 594 g/mol. The van der Waals surface area contributed by atoms with Crippen LogP contribution in [0, 0.1) is 6.92 Å². The molecule has 0 spiro atoms. The van der Waals surface area contributed by atoms with Crippen LogP contribution in [0.3, 0.4) is 0 Å². The van der Waals surface area contributed by atoms with Gasteiger partial charge in [0.2, 0.25) is 5.91 Å². The van der Waals surface area contributed by atoms with E-state index in [4.69, 9.17) is 16.7 Å². The number of nitrogens with zero attached hydrogens (tertiary/aromatic N) is 4. The number of benzene rings is 1.